The predicted octanol–water partition coefficient (Wildman–Crippen LogP) is -4.40. The van der Waals surface area contributed by atoms with Crippen molar-refractivity contribution in [3.63, 3.8) is 0 Å². The fourth-order valence-electron chi connectivity index (χ4n) is 0. The van der Waals surface area contributed by atoms with Crippen LogP contribution in [0.5, 0.6) is 0 Å². The van der Waals surface area contributed by atoms with E-state index in [1.165, 1.54) is 0 Å². The van der Waals surface area contributed by atoms with Crippen LogP contribution in [-0.2, 0) is 67.7 Å². The summed E-state index contributed by atoms with van der Waals surface area (Å²) in [5, 5.41) is 0. The zero-order valence-electron chi connectivity index (χ0n) is 7.92. The fourth-order valence-corrected chi connectivity index (χ4v) is 0. The van der Waals surface area contributed by atoms with Crippen LogP contribution in [0.25, 0.3) is 0 Å². The number of hydrogen-bond acceptors (Lipinski definition) is 12. The molecular formula is MgMnO12S3Zn. The minimum Gasteiger partial charge on any atom is -0.759 e. The third-order valence-electron chi connectivity index (χ3n) is 0. The Bertz CT molecular complexity index is 348. The van der Waals surface area contributed by atoms with Crippen LogP contribution in [0.15, 0.2) is 0 Å². The molecular weight excluding hydrogens is 433 g/mol. The van der Waals surface area contributed by atoms with Gasteiger partial charge in [-0.05, 0) is 0 Å². The molecule has 0 heterocycles. The molecule has 0 aliphatic heterocycles. The first-order valence-electron chi connectivity index (χ1n) is 2.00. The largest absolute Gasteiger partial charge is 2.00 e. The Kier molecular flexibility index (Phi) is 30.4. The summed E-state index contributed by atoms with van der Waals surface area (Å²) in [5.74, 6) is 0. The quantitative estimate of drug-likeness (QED) is 0.200. The molecule has 0 rings (SSSR count). The van der Waals surface area contributed by atoms with Gasteiger partial charge in [-0.2, -0.15) is 0 Å². The van der Waals surface area contributed by atoms with Gasteiger partial charge in [-0.25, -0.2) is 0 Å². The summed E-state index contributed by atoms with van der Waals surface area (Å²) in [6.07, 6.45) is 0. The van der Waals surface area contributed by atoms with Gasteiger partial charge in [0.15, 0.2) is 0 Å². The van der Waals surface area contributed by atoms with E-state index in [9.17, 15) is 0 Å². The van der Waals surface area contributed by atoms with Crippen LogP contribution in [0.1, 0.15) is 0 Å². The maximum atomic E-state index is 8.52. The maximum Gasteiger partial charge on any atom is 2.00 e. The van der Waals surface area contributed by atoms with Gasteiger partial charge < -0.3 is 27.3 Å². The molecule has 0 aromatic rings. The van der Waals surface area contributed by atoms with Crippen molar-refractivity contribution in [2.24, 2.45) is 0 Å². The summed E-state index contributed by atoms with van der Waals surface area (Å²) in [6, 6.07) is 0. The maximum absolute atomic E-state index is 8.52. The normalized spacial score (nSPS) is 9.67. The van der Waals surface area contributed by atoms with E-state index < -0.39 is 31.2 Å². The first-order chi connectivity index (χ1) is 6.00. The smallest absolute Gasteiger partial charge is 0.759 e. The summed E-state index contributed by atoms with van der Waals surface area (Å²) in [6.45, 7) is 0. The van der Waals surface area contributed by atoms with Crippen molar-refractivity contribution in [1.29, 1.82) is 0 Å². The van der Waals surface area contributed by atoms with Gasteiger partial charge in [0.1, 0.15) is 0 Å². The van der Waals surface area contributed by atoms with Gasteiger partial charge in [-0.3, -0.25) is 25.3 Å². The average Bonchev–Trinajstić information content (AvgIpc) is 1.41. The van der Waals surface area contributed by atoms with Crippen molar-refractivity contribution in [3.8, 4) is 0 Å². The molecule has 0 bridgehead atoms. The molecule has 0 unspecified atom stereocenters. The van der Waals surface area contributed by atoms with E-state index in [1.54, 1.807) is 0 Å². The molecule has 1 radical (unpaired) electrons. The van der Waals surface area contributed by atoms with Crippen molar-refractivity contribution in [2.45, 2.75) is 0 Å². The SMILES string of the molecule is O=S(=O)([O-])[O-].O=S(=O)([O-])[O-].O=S(=O)([O-])[O-].[Mg+2].[Mn+2].[Zn+2]. The summed E-state index contributed by atoms with van der Waals surface area (Å²) < 4.78 is 102. The molecule has 0 saturated carbocycles. The van der Waals surface area contributed by atoms with Crippen LogP contribution in [0.2, 0.25) is 0 Å². The van der Waals surface area contributed by atoms with E-state index in [-0.39, 0.29) is 59.6 Å². The Hall–Kier alpha value is 1.52. The second-order valence-corrected chi connectivity index (χ2v) is 3.67. The Labute approximate surface area is 142 Å². The predicted molar refractivity (Wildman–Crippen MR) is 37.2 cm³/mol. The molecule has 0 atom stereocenters. The molecule has 12 nitrogen and oxygen atoms in total. The Morgan fingerprint density at radius 2 is 0.500 bits per heavy atom. The molecule has 0 aromatic carbocycles. The van der Waals surface area contributed by atoms with Gasteiger partial charge >= 0.3 is 59.6 Å². The average molecular weight is 433 g/mol. The molecule has 0 aromatic heterocycles. The molecule has 0 amide bonds. The van der Waals surface area contributed by atoms with Crippen molar-refractivity contribution in [3.05, 3.63) is 0 Å². The zero-order valence-corrected chi connectivity index (χ0v) is 15.9. The number of hydrogen-bond donors (Lipinski definition) is 0. The topological polar surface area (TPSA) is 241 Å². The monoisotopic (exact) mass is 431 g/mol. The van der Waals surface area contributed by atoms with E-state index in [0.717, 1.165) is 0 Å². The molecule has 18 heavy (non-hydrogen) atoms. The minimum absolute atomic E-state index is 0. The molecule has 0 N–H and O–H groups in total. The van der Waals surface area contributed by atoms with Gasteiger partial charge in [0, 0.05) is 31.2 Å². The number of rotatable bonds is 0. The van der Waals surface area contributed by atoms with Crippen molar-refractivity contribution in [2.75, 3.05) is 0 Å². The van der Waals surface area contributed by atoms with Crippen LogP contribution < -0.4 is 0 Å². The minimum atomic E-state index is -5.17. The molecule has 0 fully saturated rings. The van der Waals surface area contributed by atoms with E-state index in [0.29, 0.717) is 0 Å². The Balaban J connectivity index is -0.0000000277. The summed E-state index contributed by atoms with van der Waals surface area (Å²) >= 11 is 0. The first-order valence-corrected chi connectivity index (χ1v) is 6.00. The molecule has 0 spiro atoms. The van der Waals surface area contributed by atoms with E-state index in [2.05, 4.69) is 0 Å². The van der Waals surface area contributed by atoms with Crippen molar-refractivity contribution < 1.29 is 89.1 Å². The molecule has 0 aliphatic rings. The van der Waals surface area contributed by atoms with Crippen molar-refractivity contribution >= 4 is 54.2 Å². The van der Waals surface area contributed by atoms with Gasteiger partial charge in [-0.1, -0.05) is 0 Å². The first kappa shape index (κ1) is 36.6. The van der Waals surface area contributed by atoms with Crippen LogP contribution in [-0.4, -0.2) is 75.6 Å². The van der Waals surface area contributed by atoms with Crippen LogP contribution in [0.4, 0.5) is 0 Å². The third-order valence-corrected chi connectivity index (χ3v) is 0. The fraction of sp³-hybridized carbons (Fsp3) is 0. The van der Waals surface area contributed by atoms with Crippen LogP contribution in [0, 0.1) is 0 Å². The second kappa shape index (κ2) is 14.9. The third kappa shape index (κ3) is 2070. The van der Waals surface area contributed by atoms with E-state index >= 15 is 0 Å². The molecule has 0 saturated heterocycles. The van der Waals surface area contributed by atoms with Gasteiger partial charge in [0.2, 0.25) is 0 Å². The Morgan fingerprint density at radius 3 is 0.500 bits per heavy atom. The summed E-state index contributed by atoms with van der Waals surface area (Å²) in [7, 11) is -15.5. The standard InChI is InChI=1S/Mg.Mn.3H2O4S.Zn/c;;3*1-5(2,3)4;/h;;3*(H2,1,2,3,4);/q2*+2;;;;+2/p-6. The van der Waals surface area contributed by atoms with Crippen molar-refractivity contribution in [1.82, 2.24) is 0 Å². The molecule has 18 heteroatoms. The van der Waals surface area contributed by atoms with E-state index in [1.807, 2.05) is 0 Å². The van der Waals surface area contributed by atoms with Gasteiger partial charge in [0.05, 0.1) is 0 Å². The Morgan fingerprint density at radius 1 is 0.500 bits per heavy atom. The second-order valence-electron chi connectivity index (χ2n) is 1.22. The molecule has 101 valence electrons. The summed E-state index contributed by atoms with van der Waals surface area (Å²) in [4.78, 5) is 0. The van der Waals surface area contributed by atoms with Crippen LogP contribution >= 0.6 is 0 Å². The zero-order chi connectivity index (χ0) is 13.5. The van der Waals surface area contributed by atoms with Crippen LogP contribution in [0.3, 0.4) is 0 Å². The summed E-state index contributed by atoms with van der Waals surface area (Å²) in [5.41, 5.74) is 0. The van der Waals surface area contributed by atoms with Gasteiger partial charge in [-0.15, -0.1) is 0 Å². The molecule has 0 aliphatic carbocycles. The van der Waals surface area contributed by atoms with E-state index in [4.69, 9.17) is 52.6 Å². The van der Waals surface area contributed by atoms with Gasteiger partial charge in [0.25, 0.3) is 0 Å².